The molecule has 0 saturated carbocycles. The van der Waals surface area contributed by atoms with Gasteiger partial charge in [0.25, 0.3) is 0 Å². The van der Waals surface area contributed by atoms with Crippen molar-refractivity contribution in [1.29, 1.82) is 0 Å². The van der Waals surface area contributed by atoms with Crippen LogP contribution in [0.5, 0.6) is 0 Å². The highest BCUT2D eigenvalue weighted by molar-refractivity contribution is 5.60. The van der Waals surface area contributed by atoms with E-state index in [1.54, 1.807) is 16.8 Å². The second-order valence-corrected chi connectivity index (χ2v) is 7.01. The summed E-state index contributed by atoms with van der Waals surface area (Å²) in [6.45, 7) is 0.838. The number of anilines is 1. The Balaban J connectivity index is 1.73. The van der Waals surface area contributed by atoms with Crippen molar-refractivity contribution >= 4 is 5.82 Å². The minimum atomic E-state index is -0.274. The molecule has 0 aliphatic carbocycles. The zero-order chi connectivity index (χ0) is 18.9. The number of nitrogens with zero attached hydrogens (tertiary/aromatic N) is 2. The van der Waals surface area contributed by atoms with Gasteiger partial charge in [0.2, 0.25) is 0 Å². The van der Waals surface area contributed by atoms with Crippen LogP contribution < -0.4 is 5.32 Å². The van der Waals surface area contributed by atoms with Crippen LogP contribution in [0.4, 0.5) is 10.2 Å². The van der Waals surface area contributed by atoms with Crippen LogP contribution in [0.15, 0.2) is 84.9 Å². The largest absolute Gasteiger partial charge is 0.369 e. The fourth-order valence-corrected chi connectivity index (χ4v) is 4.03. The molecule has 1 aliphatic rings. The summed E-state index contributed by atoms with van der Waals surface area (Å²) in [5, 5.41) is 8.34. The van der Waals surface area contributed by atoms with E-state index in [0.29, 0.717) is 5.69 Å². The van der Waals surface area contributed by atoms with Gasteiger partial charge in [0, 0.05) is 12.1 Å². The molecule has 3 nitrogen and oxygen atoms in total. The van der Waals surface area contributed by atoms with Crippen molar-refractivity contribution in [1.82, 2.24) is 9.78 Å². The van der Waals surface area contributed by atoms with Crippen LogP contribution in [0.2, 0.25) is 0 Å². The first-order chi connectivity index (χ1) is 13.8. The predicted molar refractivity (Wildman–Crippen MR) is 110 cm³/mol. The van der Waals surface area contributed by atoms with E-state index in [4.69, 9.17) is 5.10 Å². The molecule has 138 valence electrons. The van der Waals surface area contributed by atoms with Gasteiger partial charge in [0.1, 0.15) is 17.3 Å². The molecule has 1 N–H and O–H groups in total. The van der Waals surface area contributed by atoms with Crippen LogP contribution in [0.25, 0.3) is 5.69 Å². The molecule has 0 saturated heterocycles. The number of para-hydroxylation sites is 1. The predicted octanol–water partition coefficient (Wildman–Crippen LogP) is 5.16. The molecule has 1 aliphatic heterocycles. The third-order valence-electron chi connectivity index (χ3n) is 5.30. The quantitative estimate of drug-likeness (QED) is 0.538. The Morgan fingerprint density at radius 3 is 2.07 bits per heavy atom. The Morgan fingerprint density at radius 2 is 1.43 bits per heavy atom. The number of hydrogen-bond donors (Lipinski definition) is 1. The minimum Gasteiger partial charge on any atom is -0.369 e. The molecule has 0 fully saturated rings. The third-order valence-corrected chi connectivity index (χ3v) is 5.30. The summed E-state index contributed by atoms with van der Waals surface area (Å²) in [6.07, 6.45) is 0.884. The molecule has 1 aromatic heterocycles. The van der Waals surface area contributed by atoms with E-state index in [2.05, 4.69) is 53.8 Å². The molecule has 28 heavy (non-hydrogen) atoms. The van der Waals surface area contributed by atoms with E-state index in [0.717, 1.165) is 24.5 Å². The number of rotatable bonds is 4. The Kier molecular flexibility index (Phi) is 4.17. The van der Waals surface area contributed by atoms with Gasteiger partial charge in [-0.15, -0.1) is 0 Å². The van der Waals surface area contributed by atoms with Crippen LogP contribution >= 0.6 is 0 Å². The molecular formula is C24H20FN3. The normalized spacial score (nSPS) is 12.8. The van der Waals surface area contributed by atoms with Gasteiger partial charge in [-0.2, -0.15) is 5.10 Å². The summed E-state index contributed by atoms with van der Waals surface area (Å²) in [5.74, 6) is 0.630. The molecule has 4 aromatic rings. The Hall–Kier alpha value is -3.40. The lowest BCUT2D eigenvalue weighted by atomic mass is 9.86. The van der Waals surface area contributed by atoms with Gasteiger partial charge in [0.15, 0.2) is 0 Å². The third kappa shape index (κ3) is 2.78. The van der Waals surface area contributed by atoms with Crippen LogP contribution in [0.3, 0.4) is 0 Å². The molecule has 0 spiro atoms. The average Bonchev–Trinajstić information content (AvgIpc) is 3.34. The SMILES string of the molecule is Fc1ccccc1-n1nc(C(c2ccccc2)c2ccccc2)c2c1NCC2. The molecule has 0 bridgehead atoms. The van der Waals surface area contributed by atoms with Gasteiger partial charge >= 0.3 is 0 Å². The number of aromatic nitrogens is 2. The van der Waals surface area contributed by atoms with Gasteiger partial charge in [0.05, 0.1) is 11.6 Å². The molecule has 5 rings (SSSR count). The first kappa shape index (κ1) is 16.8. The molecular weight excluding hydrogens is 349 g/mol. The van der Waals surface area contributed by atoms with E-state index in [9.17, 15) is 4.39 Å². The van der Waals surface area contributed by atoms with Crippen molar-refractivity contribution in [3.8, 4) is 5.69 Å². The van der Waals surface area contributed by atoms with Crippen LogP contribution in [0.1, 0.15) is 28.3 Å². The topological polar surface area (TPSA) is 29.9 Å². The van der Waals surface area contributed by atoms with Crippen LogP contribution in [-0.4, -0.2) is 16.3 Å². The van der Waals surface area contributed by atoms with Gasteiger partial charge in [-0.3, -0.25) is 0 Å². The highest BCUT2D eigenvalue weighted by atomic mass is 19.1. The zero-order valence-corrected chi connectivity index (χ0v) is 15.3. The maximum atomic E-state index is 14.5. The first-order valence-electron chi connectivity index (χ1n) is 9.53. The van der Waals surface area contributed by atoms with Gasteiger partial charge in [-0.1, -0.05) is 72.8 Å². The smallest absolute Gasteiger partial charge is 0.148 e. The summed E-state index contributed by atoms with van der Waals surface area (Å²) < 4.78 is 16.2. The molecule has 0 unspecified atom stereocenters. The monoisotopic (exact) mass is 369 g/mol. The molecule has 0 atom stereocenters. The summed E-state index contributed by atoms with van der Waals surface area (Å²) in [6, 6.07) is 27.6. The van der Waals surface area contributed by atoms with Gasteiger partial charge in [-0.05, 0) is 29.7 Å². The number of hydrogen-bond acceptors (Lipinski definition) is 2. The van der Waals surface area contributed by atoms with E-state index in [-0.39, 0.29) is 11.7 Å². The number of nitrogens with one attached hydrogen (secondary N) is 1. The minimum absolute atomic E-state index is 0.00377. The van der Waals surface area contributed by atoms with E-state index in [1.165, 1.54) is 22.8 Å². The molecule has 4 heteroatoms. The lowest BCUT2D eigenvalue weighted by Gasteiger charge is -2.17. The fraction of sp³-hybridized carbons (Fsp3) is 0.125. The van der Waals surface area contributed by atoms with Gasteiger partial charge in [-0.25, -0.2) is 9.07 Å². The standard InChI is InChI=1S/C24H20FN3/c25-20-13-7-8-14-21(20)28-24-19(15-16-26-24)23(27-28)22(17-9-3-1-4-10-17)18-11-5-2-6-12-18/h1-14,22,26H,15-16H2. The lowest BCUT2D eigenvalue weighted by Crippen LogP contribution is -2.10. The fourth-order valence-electron chi connectivity index (χ4n) is 4.03. The molecule has 3 aromatic carbocycles. The Bertz CT molecular complexity index is 1060. The summed E-state index contributed by atoms with van der Waals surface area (Å²) in [4.78, 5) is 0. The average molecular weight is 369 g/mol. The summed E-state index contributed by atoms with van der Waals surface area (Å²) in [5.41, 5.74) is 4.99. The maximum Gasteiger partial charge on any atom is 0.148 e. The number of benzene rings is 3. The number of halogens is 1. The second kappa shape index (κ2) is 6.97. The maximum absolute atomic E-state index is 14.5. The van der Waals surface area contributed by atoms with Crippen molar-refractivity contribution in [3.63, 3.8) is 0 Å². The van der Waals surface area contributed by atoms with Crippen molar-refractivity contribution in [2.75, 3.05) is 11.9 Å². The first-order valence-corrected chi connectivity index (χ1v) is 9.53. The van der Waals surface area contributed by atoms with E-state index in [1.807, 2.05) is 18.2 Å². The second-order valence-electron chi connectivity index (χ2n) is 7.01. The number of fused-ring (bicyclic) bond motifs is 1. The highest BCUT2D eigenvalue weighted by Crippen LogP contribution is 2.39. The highest BCUT2D eigenvalue weighted by Gasteiger charge is 2.30. The summed E-state index contributed by atoms with van der Waals surface area (Å²) in [7, 11) is 0. The van der Waals surface area contributed by atoms with Crippen molar-refractivity contribution in [2.45, 2.75) is 12.3 Å². The lowest BCUT2D eigenvalue weighted by molar-refractivity contribution is 0.610. The van der Waals surface area contributed by atoms with Crippen molar-refractivity contribution in [3.05, 3.63) is 113 Å². The summed E-state index contributed by atoms with van der Waals surface area (Å²) >= 11 is 0. The molecule has 2 heterocycles. The Morgan fingerprint density at radius 1 is 0.821 bits per heavy atom. The zero-order valence-electron chi connectivity index (χ0n) is 15.3. The van der Waals surface area contributed by atoms with Crippen LogP contribution in [-0.2, 0) is 6.42 Å². The Labute approximate surface area is 163 Å². The van der Waals surface area contributed by atoms with Crippen molar-refractivity contribution in [2.24, 2.45) is 0 Å². The van der Waals surface area contributed by atoms with E-state index >= 15 is 0 Å². The van der Waals surface area contributed by atoms with Crippen molar-refractivity contribution < 1.29 is 4.39 Å². The molecule has 0 radical (unpaired) electrons. The molecule has 0 amide bonds. The van der Waals surface area contributed by atoms with Crippen LogP contribution in [0, 0.1) is 5.82 Å². The van der Waals surface area contributed by atoms with E-state index < -0.39 is 0 Å². The van der Waals surface area contributed by atoms with Gasteiger partial charge < -0.3 is 5.32 Å².